The molecule has 2 aliphatic rings. The molecule has 1 aromatic carbocycles. The van der Waals surface area contributed by atoms with E-state index in [9.17, 15) is 4.79 Å². The number of aliphatic carboxylic acids is 1. The van der Waals surface area contributed by atoms with Crippen LogP contribution in [-0.2, 0) is 11.2 Å². The largest absolute Gasteiger partial charge is 0.485 e. The Morgan fingerprint density at radius 2 is 2.20 bits per heavy atom. The van der Waals surface area contributed by atoms with Gasteiger partial charge in [-0.25, -0.2) is 0 Å². The molecule has 1 spiro atoms. The van der Waals surface area contributed by atoms with Gasteiger partial charge in [0.15, 0.2) is 0 Å². The second-order valence-electron chi connectivity index (χ2n) is 6.14. The Bertz CT molecular complexity index is 555. The number of hydrogen-bond acceptors (Lipinski definition) is 3. The van der Waals surface area contributed by atoms with Gasteiger partial charge in [-0.2, -0.15) is 0 Å². The van der Waals surface area contributed by atoms with Crippen LogP contribution in [-0.4, -0.2) is 41.2 Å². The van der Waals surface area contributed by atoms with E-state index in [1.54, 1.807) is 0 Å². The van der Waals surface area contributed by atoms with Crippen LogP contribution in [0.5, 0.6) is 5.75 Å². The van der Waals surface area contributed by atoms with E-state index in [-0.39, 0.29) is 12.1 Å². The summed E-state index contributed by atoms with van der Waals surface area (Å²) in [5.41, 5.74) is 3.58. The summed E-state index contributed by atoms with van der Waals surface area (Å²) in [5.74, 6) is 0.277. The molecule has 1 atom stereocenters. The van der Waals surface area contributed by atoms with Crippen LogP contribution in [0, 0.1) is 13.8 Å². The Hall–Kier alpha value is -1.55. The molecule has 0 saturated carbocycles. The van der Waals surface area contributed by atoms with Crippen molar-refractivity contribution in [2.45, 2.75) is 38.7 Å². The third-order valence-electron chi connectivity index (χ3n) is 4.68. The van der Waals surface area contributed by atoms with Gasteiger partial charge in [0.05, 0.1) is 6.54 Å². The van der Waals surface area contributed by atoms with Gasteiger partial charge < -0.3 is 9.84 Å². The first-order valence-corrected chi connectivity index (χ1v) is 7.21. The SMILES string of the molecule is Cc1ccc2c(c1C)OC1(CC2)CCN(CC(=O)O)C1. The summed E-state index contributed by atoms with van der Waals surface area (Å²) in [6.45, 7) is 5.87. The lowest BCUT2D eigenvalue weighted by Gasteiger charge is -2.36. The molecular weight excluding hydrogens is 254 g/mol. The average molecular weight is 275 g/mol. The van der Waals surface area contributed by atoms with Crippen molar-refractivity contribution in [3.63, 3.8) is 0 Å². The van der Waals surface area contributed by atoms with Crippen molar-refractivity contribution < 1.29 is 14.6 Å². The minimum absolute atomic E-state index is 0.116. The van der Waals surface area contributed by atoms with Gasteiger partial charge >= 0.3 is 5.97 Å². The molecule has 0 aromatic heterocycles. The fraction of sp³-hybridized carbons (Fsp3) is 0.562. The van der Waals surface area contributed by atoms with Gasteiger partial charge in [0.2, 0.25) is 0 Å². The van der Waals surface area contributed by atoms with Crippen molar-refractivity contribution >= 4 is 5.97 Å². The molecule has 1 N–H and O–H groups in total. The molecule has 0 radical (unpaired) electrons. The number of carboxylic acids is 1. The molecule has 0 amide bonds. The lowest BCUT2D eigenvalue weighted by Crippen LogP contribution is -2.43. The smallest absolute Gasteiger partial charge is 0.317 e. The van der Waals surface area contributed by atoms with Crippen molar-refractivity contribution in [1.82, 2.24) is 4.90 Å². The summed E-state index contributed by atoms with van der Waals surface area (Å²) < 4.78 is 6.37. The quantitative estimate of drug-likeness (QED) is 0.898. The van der Waals surface area contributed by atoms with Crippen LogP contribution >= 0.6 is 0 Å². The molecule has 0 aliphatic carbocycles. The number of nitrogens with zero attached hydrogens (tertiary/aromatic N) is 1. The molecule has 2 aliphatic heterocycles. The molecule has 108 valence electrons. The Kier molecular flexibility index (Phi) is 3.21. The highest BCUT2D eigenvalue weighted by Gasteiger charge is 2.43. The van der Waals surface area contributed by atoms with Crippen molar-refractivity contribution in [2.75, 3.05) is 19.6 Å². The molecule has 1 unspecified atom stereocenters. The van der Waals surface area contributed by atoms with Gasteiger partial charge in [-0.1, -0.05) is 12.1 Å². The number of hydrogen-bond donors (Lipinski definition) is 1. The molecule has 3 rings (SSSR count). The Balaban J connectivity index is 1.82. The minimum Gasteiger partial charge on any atom is -0.485 e. The van der Waals surface area contributed by atoms with Crippen LogP contribution in [0.3, 0.4) is 0 Å². The fourth-order valence-corrected chi connectivity index (χ4v) is 3.36. The summed E-state index contributed by atoms with van der Waals surface area (Å²) in [5, 5.41) is 8.92. The predicted molar refractivity (Wildman–Crippen MR) is 76.3 cm³/mol. The molecule has 4 heteroatoms. The Morgan fingerprint density at radius 1 is 1.40 bits per heavy atom. The molecule has 0 bridgehead atoms. The molecule has 20 heavy (non-hydrogen) atoms. The first-order valence-electron chi connectivity index (χ1n) is 7.21. The van der Waals surface area contributed by atoms with E-state index in [2.05, 4.69) is 26.0 Å². The fourth-order valence-electron chi connectivity index (χ4n) is 3.36. The zero-order valence-electron chi connectivity index (χ0n) is 12.1. The number of benzene rings is 1. The van der Waals surface area contributed by atoms with Gasteiger partial charge in [-0.15, -0.1) is 0 Å². The maximum Gasteiger partial charge on any atom is 0.317 e. The van der Waals surface area contributed by atoms with E-state index in [1.807, 2.05) is 4.90 Å². The highest BCUT2D eigenvalue weighted by atomic mass is 16.5. The minimum atomic E-state index is -0.759. The number of ether oxygens (including phenoxy) is 1. The average Bonchev–Trinajstić information content (AvgIpc) is 2.77. The zero-order valence-corrected chi connectivity index (χ0v) is 12.1. The summed E-state index contributed by atoms with van der Waals surface area (Å²) in [4.78, 5) is 12.8. The van der Waals surface area contributed by atoms with Crippen molar-refractivity contribution in [2.24, 2.45) is 0 Å². The van der Waals surface area contributed by atoms with E-state index < -0.39 is 5.97 Å². The van der Waals surface area contributed by atoms with Crippen molar-refractivity contribution in [1.29, 1.82) is 0 Å². The maximum absolute atomic E-state index is 10.8. The van der Waals surface area contributed by atoms with Gasteiger partial charge in [0.25, 0.3) is 0 Å². The monoisotopic (exact) mass is 275 g/mol. The van der Waals surface area contributed by atoms with Gasteiger partial charge in [0, 0.05) is 19.5 Å². The number of aryl methyl sites for hydroxylation is 2. The second kappa shape index (κ2) is 4.77. The Morgan fingerprint density at radius 3 is 2.95 bits per heavy atom. The van der Waals surface area contributed by atoms with Crippen molar-refractivity contribution in [3.05, 3.63) is 28.8 Å². The number of fused-ring (bicyclic) bond motifs is 1. The zero-order chi connectivity index (χ0) is 14.3. The van der Waals surface area contributed by atoms with Crippen LogP contribution in [0.4, 0.5) is 0 Å². The normalized spacial score (nSPS) is 25.5. The highest BCUT2D eigenvalue weighted by molar-refractivity contribution is 5.69. The maximum atomic E-state index is 10.8. The summed E-state index contributed by atoms with van der Waals surface area (Å²) in [6.07, 6.45) is 2.93. The van der Waals surface area contributed by atoms with Gasteiger partial charge in [0.1, 0.15) is 11.4 Å². The van der Waals surface area contributed by atoms with Gasteiger partial charge in [-0.05, 0) is 43.4 Å². The van der Waals surface area contributed by atoms with Crippen LogP contribution in [0.2, 0.25) is 0 Å². The molecule has 1 aromatic rings. The van der Waals surface area contributed by atoms with Crippen LogP contribution < -0.4 is 4.74 Å². The summed E-state index contributed by atoms with van der Waals surface area (Å²) in [7, 11) is 0. The molecular formula is C16H21NO3. The third kappa shape index (κ3) is 2.29. The van der Waals surface area contributed by atoms with Crippen LogP contribution in [0.15, 0.2) is 12.1 Å². The molecule has 1 saturated heterocycles. The van der Waals surface area contributed by atoms with E-state index in [0.29, 0.717) is 0 Å². The molecule has 4 nitrogen and oxygen atoms in total. The summed E-state index contributed by atoms with van der Waals surface area (Å²) >= 11 is 0. The van der Waals surface area contributed by atoms with Crippen molar-refractivity contribution in [3.8, 4) is 5.75 Å². The molecule has 2 heterocycles. The predicted octanol–water partition coefficient (Wildman–Crippen LogP) is 2.16. The third-order valence-corrected chi connectivity index (χ3v) is 4.68. The van der Waals surface area contributed by atoms with E-state index >= 15 is 0 Å². The summed E-state index contributed by atoms with van der Waals surface area (Å²) in [6, 6.07) is 4.31. The van der Waals surface area contributed by atoms with Crippen LogP contribution in [0.25, 0.3) is 0 Å². The highest BCUT2D eigenvalue weighted by Crippen LogP contribution is 2.41. The number of carbonyl (C=O) groups is 1. The molecule has 1 fully saturated rings. The van der Waals surface area contributed by atoms with E-state index in [0.717, 1.165) is 38.1 Å². The second-order valence-corrected chi connectivity index (χ2v) is 6.14. The topological polar surface area (TPSA) is 49.8 Å². The standard InChI is InChI=1S/C16H21NO3/c1-11-3-4-13-5-6-16(20-15(13)12(11)2)7-8-17(10-16)9-14(18)19/h3-4H,5-10H2,1-2H3,(H,18,19). The first kappa shape index (κ1) is 13.4. The lowest BCUT2D eigenvalue weighted by atomic mass is 9.88. The number of carboxylic acid groups (broad SMARTS) is 1. The lowest BCUT2D eigenvalue weighted by molar-refractivity contribution is -0.138. The van der Waals surface area contributed by atoms with E-state index in [4.69, 9.17) is 9.84 Å². The van der Waals surface area contributed by atoms with E-state index in [1.165, 1.54) is 16.7 Å². The number of rotatable bonds is 2. The first-order chi connectivity index (χ1) is 9.49. The number of likely N-dealkylation sites (tertiary alicyclic amines) is 1. The van der Waals surface area contributed by atoms with Crippen LogP contribution in [0.1, 0.15) is 29.5 Å². The van der Waals surface area contributed by atoms with Gasteiger partial charge in [-0.3, -0.25) is 9.69 Å². The Labute approximate surface area is 119 Å².